The third-order valence-electron chi connectivity index (χ3n) is 2.17. The van der Waals surface area contributed by atoms with Crippen LogP contribution in [-0.2, 0) is 9.47 Å². The van der Waals surface area contributed by atoms with Gasteiger partial charge in [-0.05, 0) is 32.6 Å². The fraction of sp³-hybridized carbons (Fsp3) is 0.875. The lowest BCUT2D eigenvalue weighted by atomic mass is 10.1. The first-order chi connectivity index (χ1) is 5.66. The minimum absolute atomic E-state index is 0.0783. The van der Waals surface area contributed by atoms with Crippen molar-refractivity contribution < 1.29 is 14.3 Å². The summed E-state index contributed by atoms with van der Waals surface area (Å²) >= 11 is 3.76. The molecule has 3 nitrogen and oxygen atoms in total. The van der Waals surface area contributed by atoms with Crippen molar-refractivity contribution in [1.82, 2.24) is 0 Å². The second-order valence-electron chi connectivity index (χ2n) is 3.28. The van der Waals surface area contributed by atoms with E-state index in [0.717, 1.165) is 25.7 Å². The van der Waals surface area contributed by atoms with Crippen molar-refractivity contribution in [1.29, 1.82) is 0 Å². The number of carbonyl (C=O) groups excluding carboxylic acids is 1. The zero-order chi connectivity index (χ0) is 9.03. The van der Waals surface area contributed by atoms with Gasteiger partial charge in [-0.3, -0.25) is 0 Å². The molecule has 0 heterocycles. The second kappa shape index (κ2) is 4.03. The van der Waals surface area contributed by atoms with Crippen molar-refractivity contribution in [3.05, 3.63) is 0 Å². The van der Waals surface area contributed by atoms with Crippen LogP contribution in [0.4, 0.5) is 4.79 Å². The van der Waals surface area contributed by atoms with Crippen LogP contribution in [-0.4, -0.2) is 17.7 Å². The van der Waals surface area contributed by atoms with Gasteiger partial charge in [0.25, 0.3) is 0 Å². The quantitative estimate of drug-likeness (QED) is 0.412. The van der Waals surface area contributed by atoms with E-state index in [1.807, 2.05) is 6.92 Å². The van der Waals surface area contributed by atoms with Crippen LogP contribution in [0.25, 0.3) is 0 Å². The van der Waals surface area contributed by atoms with Crippen LogP contribution >= 0.6 is 12.6 Å². The van der Waals surface area contributed by atoms with Gasteiger partial charge >= 0.3 is 6.16 Å². The summed E-state index contributed by atoms with van der Waals surface area (Å²) in [4.78, 5) is 10.9. The van der Waals surface area contributed by atoms with E-state index in [4.69, 9.17) is 4.74 Å². The summed E-state index contributed by atoms with van der Waals surface area (Å²) in [5.41, 5.74) is -0.292. The first-order valence-electron chi connectivity index (χ1n) is 4.13. The Balaban J connectivity index is 2.33. The molecule has 70 valence electrons. The van der Waals surface area contributed by atoms with Crippen LogP contribution in [0.3, 0.4) is 0 Å². The maximum absolute atomic E-state index is 10.9. The summed E-state index contributed by atoms with van der Waals surface area (Å²) in [5, 5.41) is 0. The van der Waals surface area contributed by atoms with Crippen LogP contribution in [0.5, 0.6) is 0 Å². The van der Waals surface area contributed by atoms with Crippen LogP contribution in [0.1, 0.15) is 32.6 Å². The molecule has 0 amide bonds. The Morgan fingerprint density at radius 2 is 2.08 bits per heavy atom. The minimum atomic E-state index is -0.602. The fourth-order valence-electron chi connectivity index (χ4n) is 1.51. The Morgan fingerprint density at radius 1 is 1.50 bits per heavy atom. The highest BCUT2D eigenvalue weighted by molar-refractivity contribution is 7.80. The van der Waals surface area contributed by atoms with Crippen LogP contribution in [0.2, 0.25) is 0 Å². The van der Waals surface area contributed by atoms with Crippen LogP contribution < -0.4 is 0 Å². The Bertz CT molecular complexity index is 164. The zero-order valence-electron chi connectivity index (χ0n) is 7.21. The maximum Gasteiger partial charge on any atom is 0.509 e. The van der Waals surface area contributed by atoms with Gasteiger partial charge in [-0.25, -0.2) is 4.79 Å². The van der Waals surface area contributed by atoms with E-state index in [2.05, 4.69) is 17.4 Å². The highest BCUT2D eigenvalue weighted by Crippen LogP contribution is 2.32. The molecule has 0 bridgehead atoms. The van der Waals surface area contributed by atoms with Crippen molar-refractivity contribution >= 4 is 18.8 Å². The monoisotopic (exact) mass is 190 g/mol. The van der Waals surface area contributed by atoms with Crippen molar-refractivity contribution in [3.63, 3.8) is 0 Å². The standard InChI is InChI=1S/C8H14O3S/c1-8(4-2-3-5-8)11-7(9)10-6-12/h12H,2-6H2,1H3. The van der Waals surface area contributed by atoms with Gasteiger partial charge < -0.3 is 9.47 Å². The molecule has 0 aromatic heterocycles. The van der Waals surface area contributed by atoms with E-state index in [-0.39, 0.29) is 11.5 Å². The van der Waals surface area contributed by atoms with Gasteiger partial charge in [-0.15, -0.1) is 12.6 Å². The van der Waals surface area contributed by atoms with Gasteiger partial charge in [0.05, 0.1) is 0 Å². The van der Waals surface area contributed by atoms with Gasteiger partial charge in [0.15, 0.2) is 0 Å². The molecule has 1 fully saturated rings. The first kappa shape index (κ1) is 9.71. The highest BCUT2D eigenvalue weighted by Gasteiger charge is 2.33. The predicted octanol–water partition coefficient (Wildman–Crippen LogP) is 2.36. The number of hydrogen-bond donors (Lipinski definition) is 1. The second-order valence-corrected chi connectivity index (χ2v) is 3.54. The summed E-state index contributed by atoms with van der Waals surface area (Å²) in [6.07, 6.45) is 3.54. The van der Waals surface area contributed by atoms with Gasteiger partial charge in [0.1, 0.15) is 11.5 Å². The molecule has 0 aliphatic heterocycles. The predicted molar refractivity (Wildman–Crippen MR) is 48.3 cm³/mol. The topological polar surface area (TPSA) is 35.5 Å². The molecule has 0 N–H and O–H groups in total. The Labute approximate surface area is 77.8 Å². The fourth-order valence-corrected chi connectivity index (χ4v) is 1.61. The molecule has 1 aliphatic carbocycles. The molecule has 12 heavy (non-hydrogen) atoms. The molecule has 1 aliphatic rings. The Kier molecular flexibility index (Phi) is 3.26. The lowest BCUT2D eigenvalue weighted by molar-refractivity contribution is -0.0151. The summed E-state index contributed by atoms with van der Waals surface area (Å²) in [6.45, 7) is 1.94. The number of hydrogen-bond acceptors (Lipinski definition) is 4. The van der Waals surface area contributed by atoms with Gasteiger partial charge in [0, 0.05) is 0 Å². The Hall–Kier alpha value is -0.380. The lowest BCUT2D eigenvalue weighted by Crippen LogP contribution is -2.28. The van der Waals surface area contributed by atoms with Crippen molar-refractivity contribution in [2.45, 2.75) is 38.2 Å². The number of carbonyl (C=O) groups is 1. The van der Waals surface area contributed by atoms with Crippen LogP contribution in [0, 0.1) is 0 Å². The van der Waals surface area contributed by atoms with Crippen molar-refractivity contribution in [2.75, 3.05) is 5.94 Å². The molecule has 1 rings (SSSR count). The smallest absolute Gasteiger partial charge is 0.428 e. The molecule has 1 saturated carbocycles. The SMILES string of the molecule is CC1(OC(=O)OCS)CCCC1. The van der Waals surface area contributed by atoms with E-state index < -0.39 is 6.16 Å². The van der Waals surface area contributed by atoms with E-state index in [0.29, 0.717) is 0 Å². The summed E-state index contributed by atoms with van der Waals surface area (Å²) in [5.74, 6) is 0.0783. The van der Waals surface area contributed by atoms with Crippen LogP contribution in [0.15, 0.2) is 0 Å². The lowest BCUT2D eigenvalue weighted by Gasteiger charge is -2.22. The minimum Gasteiger partial charge on any atom is -0.428 e. The van der Waals surface area contributed by atoms with Gasteiger partial charge in [-0.2, -0.15) is 0 Å². The molecule has 0 aromatic carbocycles. The zero-order valence-corrected chi connectivity index (χ0v) is 8.10. The third kappa shape index (κ3) is 2.59. The molecule has 0 radical (unpaired) electrons. The molecule has 0 saturated heterocycles. The maximum atomic E-state index is 10.9. The molecule has 0 aromatic rings. The number of rotatable bonds is 2. The average Bonchev–Trinajstić information content (AvgIpc) is 2.36. The van der Waals surface area contributed by atoms with Gasteiger partial charge in [-0.1, -0.05) is 0 Å². The van der Waals surface area contributed by atoms with E-state index in [9.17, 15) is 4.79 Å². The molecular formula is C8H14O3S. The van der Waals surface area contributed by atoms with E-state index in [1.165, 1.54) is 0 Å². The van der Waals surface area contributed by atoms with Gasteiger partial charge in [0.2, 0.25) is 0 Å². The average molecular weight is 190 g/mol. The summed E-state index contributed by atoms with van der Waals surface area (Å²) in [6, 6.07) is 0. The van der Waals surface area contributed by atoms with Crippen molar-refractivity contribution in [2.24, 2.45) is 0 Å². The van der Waals surface area contributed by atoms with Crippen molar-refractivity contribution in [3.8, 4) is 0 Å². The number of ether oxygens (including phenoxy) is 2. The van der Waals surface area contributed by atoms with E-state index >= 15 is 0 Å². The first-order valence-corrected chi connectivity index (χ1v) is 4.76. The molecular weight excluding hydrogens is 176 g/mol. The molecule has 0 atom stereocenters. The molecule has 0 unspecified atom stereocenters. The normalized spacial score (nSPS) is 20.5. The molecule has 4 heteroatoms. The molecule has 0 spiro atoms. The highest BCUT2D eigenvalue weighted by atomic mass is 32.1. The summed E-state index contributed by atoms with van der Waals surface area (Å²) < 4.78 is 9.70. The third-order valence-corrected chi connectivity index (χ3v) is 2.30. The number of thiol groups is 1. The summed E-state index contributed by atoms with van der Waals surface area (Å²) in [7, 11) is 0. The van der Waals surface area contributed by atoms with E-state index in [1.54, 1.807) is 0 Å². The largest absolute Gasteiger partial charge is 0.509 e. The Morgan fingerprint density at radius 3 is 2.58 bits per heavy atom.